The number of halogens is 1. The van der Waals surface area contributed by atoms with Gasteiger partial charge in [-0.25, -0.2) is 4.39 Å². The van der Waals surface area contributed by atoms with E-state index in [4.69, 9.17) is 4.74 Å². The van der Waals surface area contributed by atoms with Crippen molar-refractivity contribution >= 4 is 0 Å². The van der Waals surface area contributed by atoms with Gasteiger partial charge in [-0.3, -0.25) is 0 Å². The van der Waals surface area contributed by atoms with Crippen LogP contribution in [0, 0.1) is 11.7 Å². The Morgan fingerprint density at radius 2 is 2.00 bits per heavy atom. The molecule has 1 aliphatic carbocycles. The highest BCUT2D eigenvalue weighted by Gasteiger charge is 2.34. The predicted molar refractivity (Wildman–Crippen MR) is 80.1 cm³/mol. The summed E-state index contributed by atoms with van der Waals surface area (Å²) in [4.78, 5) is 0. The second-order valence-electron chi connectivity index (χ2n) is 6.03. The van der Waals surface area contributed by atoms with Crippen molar-refractivity contribution in [3.8, 4) is 0 Å². The smallest absolute Gasteiger partial charge is 0.128 e. The molecule has 0 saturated heterocycles. The first-order valence-corrected chi connectivity index (χ1v) is 7.73. The molecule has 0 unspecified atom stereocenters. The van der Waals surface area contributed by atoms with Crippen LogP contribution in [0.5, 0.6) is 0 Å². The molecule has 1 saturated carbocycles. The molecule has 3 heteroatoms. The number of rotatable bonds is 6. The first kappa shape index (κ1) is 15.5. The SMILES string of the molecule is CCNCC1(OCc2ccccc2F)CCC(C)CC1. The number of likely N-dealkylation sites (N-methyl/N-ethyl adjacent to an activating group) is 1. The van der Waals surface area contributed by atoms with Crippen LogP contribution in [0.15, 0.2) is 24.3 Å². The quantitative estimate of drug-likeness (QED) is 0.852. The lowest BCUT2D eigenvalue weighted by Crippen LogP contribution is -2.45. The van der Waals surface area contributed by atoms with Gasteiger partial charge in [0.2, 0.25) is 0 Å². The molecule has 1 fully saturated rings. The number of ether oxygens (including phenoxy) is 1. The van der Waals surface area contributed by atoms with Crippen LogP contribution in [0.1, 0.15) is 45.1 Å². The molecule has 0 bridgehead atoms. The van der Waals surface area contributed by atoms with Gasteiger partial charge in [-0.1, -0.05) is 32.0 Å². The number of benzene rings is 1. The van der Waals surface area contributed by atoms with Crippen molar-refractivity contribution in [2.75, 3.05) is 13.1 Å². The highest BCUT2D eigenvalue weighted by molar-refractivity contribution is 5.16. The Morgan fingerprint density at radius 1 is 1.30 bits per heavy atom. The topological polar surface area (TPSA) is 21.3 Å². The fourth-order valence-corrected chi connectivity index (χ4v) is 2.86. The molecule has 112 valence electrons. The number of hydrogen-bond acceptors (Lipinski definition) is 2. The van der Waals surface area contributed by atoms with E-state index >= 15 is 0 Å². The van der Waals surface area contributed by atoms with Gasteiger partial charge >= 0.3 is 0 Å². The fraction of sp³-hybridized carbons (Fsp3) is 0.647. The molecule has 2 rings (SSSR count). The molecule has 2 nitrogen and oxygen atoms in total. The standard InChI is InChI=1S/C17H26FNO/c1-3-19-13-17(10-8-14(2)9-11-17)20-12-15-6-4-5-7-16(15)18/h4-7,14,19H,3,8-13H2,1-2H3. The minimum Gasteiger partial charge on any atom is -0.369 e. The Bertz CT molecular complexity index is 408. The van der Waals surface area contributed by atoms with Crippen LogP contribution in [0.3, 0.4) is 0 Å². The Morgan fingerprint density at radius 3 is 2.65 bits per heavy atom. The van der Waals surface area contributed by atoms with E-state index in [-0.39, 0.29) is 11.4 Å². The lowest BCUT2D eigenvalue weighted by Gasteiger charge is -2.39. The van der Waals surface area contributed by atoms with Crippen molar-refractivity contribution in [2.24, 2.45) is 5.92 Å². The van der Waals surface area contributed by atoms with Crippen molar-refractivity contribution in [3.63, 3.8) is 0 Å². The first-order chi connectivity index (χ1) is 9.65. The van der Waals surface area contributed by atoms with Gasteiger partial charge in [0, 0.05) is 12.1 Å². The molecule has 1 aromatic rings. The summed E-state index contributed by atoms with van der Waals surface area (Å²) in [5, 5.41) is 3.41. The lowest BCUT2D eigenvalue weighted by molar-refractivity contribution is -0.0854. The molecule has 0 aromatic heterocycles. The summed E-state index contributed by atoms with van der Waals surface area (Å²) in [6.07, 6.45) is 4.52. The van der Waals surface area contributed by atoms with Gasteiger partial charge in [0.1, 0.15) is 5.82 Å². The van der Waals surface area contributed by atoms with Gasteiger partial charge in [0.15, 0.2) is 0 Å². The molecule has 0 amide bonds. The van der Waals surface area contributed by atoms with Crippen molar-refractivity contribution in [1.82, 2.24) is 5.32 Å². The minimum atomic E-state index is -0.171. The van der Waals surface area contributed by atoms with Gasteiger partial charge < -0.3 is 10.1 Å². The molecule has 0 radical (unpaired) electrons. The summed E-state index contributed by atoms with van der Waals surface area (Å²) in [5.41, 5.74) is 0.534. The Balaban J connectivity index is 1.99. The van der Waals surface area contributed by atoms with Gasteiger partial charge in [0.05, 0.1) is 12.2 Å². The van der Waals surface area contributed by atoms with Crippen LogP contribution in [-0.4, -0.2) is 18.7 Å². The molecule has 1 N–H and O–H groups in total. The van der Waals surface area contributed by atoms with Gasteiger partial charge in [-0.2, -0.15) is 0 Å². The zero-order valence-corrected chi connectivity index (χ0v) is 12.6. The molecule has 1 aliphatic rings. The predicted octanol–water partition coefficient (Wildman–Crippen LogP) is 3.90. The number of hydrogen-bond donors (Lipinski definition) is 1. The monoisotopic (exact) mass is 279 g/mol. The van der Waals surface area contributed by atoms with Crippen molar-refractivity contribution in [3.05, 3.63) is 35.6 Å². The molecular weight excluding hydrogens is 253 g/mol. The van der Waals surface area contributed by atoms with Gasteiger partial charge in [-0.15, -0.1) is 0 Å². The lowest BCUT2D eigenvalue weighted by atomic mass is 9.79. The second-order valence-corrected chi connectivity index (χ2v) is 6.03. The maximum Gasteiger partial charge on any atom is 0.128 e. The van der Waals surface area contributed by atoms with Crippen LogP contribution in [0.25, 0.3) is 0 Å². The van der Waals surface area contributed by atoms with Crippen LogP contribution in [0.2, 0.25) is 0 Å². The molecule has 0 heterocycles. The maximum absolute atomic E-state index is 13.7. The second kappa shape index (κ2) is 7.19. The molecule has 20 heavy (non-hydrogen) atoms. The Labute approximate surface area is 121 Å². The molecule has 0 aliphatic heterocycles. The van der Waals surface area contributed by atoms with E-state index in [2.05, 4.69) is 19.2 Å². The summed E-state index contributed by atoms with van der Waals surface area (Å²) in [6, 6.07) is 6.89. The normalized spacial score (nSPS) is 26.6. The summed E-state index contributed by atoms with van der Waals surface area (Å²) in [7, 11) is 0. The third-order valence-corrected chi connectivity index (χ3v) is 4.37. The van der Waals surface area contributed by atoms with Crippen LogP contribution < -0.4 is 5.32 Å². The van der Waals surface area contributed by atoms with E-state index in [0.29, 0.717) is 12.2 Å². The summed E-state index contributed by atoms with van der Waals surface area (Å²) in [5.74, 6) is 0.608. The van der Waals surface area contributed by atoms with E-state index in [1.54, 1.807) is 6.07 Å². The van der Waals surface area contributed by atoms with E-state index in [1.807, 2.05) is 12.1 Å². The van der Waals surface area contributed by atoms with E-state index in [0.717, 1.165) is 31.8 Å². The molecular formula is C17H26FNO. The van der Waals surface area contributed by atoms with Crippen molar-refractivity contribution in [1.29, 1.82) is 0 Å². The largest absolute Gasteiger partial charge is 0.369 e. The zero-order chi connectivity index (χ0) is 14.4. The number of nitrogens with one attached hydrogen (secondary N) is 1. The van der Waals surface area contributed by atoms with Crippen LogP contribution in [-0.2, 0) is 11.3 Å². The van der Waals surface area contributed by atoms with Gasteiger partial charge in [-0.05, 0) is 44.2 Å². The molecule has 0 atom stereocenters. The van der Waals surface area contributed by atoms with Crippen LogP contribution in [0.4, 0.5) is 4.39 Å². The Kier molecular flexibility index (Phi) is 5.55. The Hall–Kier alpha value is -0.930. The summed E-state index contributed by atoms with van der Waals surface area (Å²) < 4.78 is 19.9. The highest BCUT2D eigenvalue weighted by Crippen LogP contribution is 2.35. The van der Waals surface area contributed by atoms with E-state index in [9.17, 15) is 4.39 Å². The average molecular weight is 279 g/mol. The van der Waals surface area contributed by atoms with Crippen molar-refractivity contribution < 1.29 is 9.13 Å². The highest BCUT2D eigenvalue weighted by atomic mass is 19.1. The molecule has 1 aromatic carbocycles. The van der Waals surface area contributed by atoms with E-state index < -0.39 is 0 Å². The fourth-order valence-electron chi connectivity index (χ4n) is 2.86. The average Bonchev–Trinajstić information content (AvgIpc) is 2.47. The first-order valence-electron chi connectivity index (χ1n) is 7.73. The van der Waals surface area contributed by atoms with Crippen molar-refractivity contribution in [2.45, 2.75) is 51.7 Å². The van der Waals surface area contributed by atoms with Crippen LogP contribution >= 0.6 is 0 Å². The van der Waals surface area contributed by atoms with Gasteiger partial charge in [0.25, 0.3) is 0 Å². The van der Waals surface area contributed by atoms with E-state index in [1.165, 1.54) is 18.9 Å². The molecule has 0 spiro atoms. The summed E-state index contributed by atoms with van der Waals surface area (Å²) >= 11 is 0. The minimum absolute atomic E-state index is 0.120. The summed E-state index contributed by atoms with van der Waals surface area (Å²) in [6.45, 7) is 6.58. The third-order valence-electron chi connectivity index (χ3n) is 4.37. The zero-order valence-electron chi connectivity index (χ0n) is 12.6. The third kappa shape index (κ3) is 4.03. The maximum atomic E-state index is 13.7.